The molecule has 2 atom stereocenters. The summed E-state index contributed by atoms with van der Waals surface area (Å²) in [6, 6.07) is 0.0331. The third-order valence-electron chi connectivity index (χ3n) is 0.753. The predicted molar refractivity (Wildman–Crippen MR) is 41.7 cm³/mol. The van der Waals surface area contributed by atoms with Crippen molar-refractivity contribution in [3.8, 4) is 0 Å². The monoisotopic (exact) mass is 147 g/mol. The van der Waals surface area contributed by atoms with Crippen LogP contribution in [0, 0.1) is 0 Å². The smallest absolute Gasteiger partial charge is 0.0413 e. The largest absolute Gasteiger partial charge is 0.327 e. The Bertz CT molecular complexity index is 112. The Morgan fingerprint density at radius 1 is 1.89 bits per heavy atom. The van der Waals surface area contributed by atoms with Crippen LogP contribution in [0.15, 0.2) is 12.7 Å². The average molecular weight is 147 g/mol. The van der Waals surface area contributed by atoms with Crippen molar-refractivity contribution in [2.75, 3.05) is 11.5 Å². The highest BCUT2D eigenvalue weighted by Crippen LogP contribution is 1.85. The van der Waals surface area contributed by atoms with Crippen molar-refractivity contribution in [1.29, 1.82) is 0 Å². The Kier molecular flexibility index (Phi) is 4.62. The lowest BCUT2D eigenvalue weighted by atomic mass is 10.4. The van der Waals surface area contributed by atoms with E-state index in [1.54, 1.807) is 6.08 Å². The van der Waals surface area contributed by atoms with Gasteiger partial charge >= 0.3 is 0 Å². The van der Waals surface area contributed by atoms with Gasteiger partial charge in [-0.15, -0.1) is 6.58 Å². The van der Waals surface area contributed by atoms with Crippen LogP contribution in [0.5, 0.6) is 0 Å². The van der Waals surface area contributed by atoms with Gasteiger partial charge in [-0.25, -0.2) is 0 Å². The van der Waals surface area contributed by atoms with Crippen molar-refractivity contribution in [2.24, 2.45) is 5.73 Å². The van der Waals surface area contributed by atoms with Crippen molar-refractivity contribution in [1.82, 2.24) is 0 Å². The molecule has 0 aliphatic carbocycles. The fourth-order valence-corrected chi connectivity index (χ4v) is 1.48. The van der Waals surface area contributed by atoms with Gasteiger partial charge in [0.1, 0.15) is 0 Å². The molecular formula is C6H13NOS. The molecule has 54 valence electrons. The molecule has 0 rings (SSSR count). The van der Waals surface area contributed by atoms with E-state index in [1.807, 2.05) is 6.92 Å². The van der Waals surface area contributed by atoms with Gasteiger partial charge < -0.3 is 5.73 Å². The van der Waals surface area contributed by atoms with E-state index < -0.39 is 10.8 Å². The summed E-state index contributed by atoms with van der Waals surface area (Å²) in [5.74, 6) is 1.13. The first kappa shape index (κ1) is 8.85. The molecule has 2 unspecified atom stereocenters. The molecule has 0 bridgehead atoms. The predicted octanol–water partition coefficient (Wildman–Crippen LogP) is 0.268. The van der Waals surface area contributed by atoms with Crippen LogP contribution in [0.3, 0.4) is 0 Å². The van der Waals surface area contributed by atoms with Gasteiger partial charge in [0.25, 0.3) is 0 Å². The van der Waals surface area contributed by atoms with Crippen molar-refractivity contribution < 1.29 is 4.21 Å². The summed E-state index contributed by atoms with van der Waals surface area (Å²) in [4.78, 5) is 0. The lowest BCUT2D eigenvalue weighted by Crippen LogP contribution is -2.23. The first-order valence-electron chi connectivity index (χ1n) is 2.88. The third kappa shape index (κ3) is 5.73. The van der Waals surface area contributed by atoms with Crippen LogP contribution in [0.25, 0.3) is 0 Å². The fourth-order valence-electron chi connectivity index (χ4n) is 0.493. The number of nitrogens with two attached hydrogens (primary N) is 1. The zero-order chi connectivity index (χ0) is 7.28. The van der Waals surface area contributed by atoms with Gasteiger partial charge in [-0.3, -0.25) is 4.21 Å². The summed E-state index contributed by atoms with van der Waals surface area (Å²) in [5.41, 5.74) is 5.40. The standard InChI is InChI=1S/C6H13NOS/c1-3-4-9(8)5-6(2)7/h3,6H,1,4-5,7H2,2H3. The first-order valence-corrected chi connectivity index (χ1v) is 4.37. The summed E-state index contributed by atoms with van der Waals surface area (Å²) in [5, 5.41) is 0. The average Bonchev–Trinajstić information content (AvgIpc) is 1.63. The van der Waals surface area contributed by atoms with E-state index in [1.165, 1.54) is 0 Å². The van der Waals surface area contributed by atoms with Crippen molar-refractivity contribution >= 4 is 10.8 Å². The minimum absolute atomic E-state index is 0.0331. The maximum atomic E-state index is 10.8. The second-order valence-electron chi connectivity index (χ2n) is 2.04. The summed E-state index contributed by atoms with van der Waals surface area (Å²) >= 11 is 0. The molecule has 0 aromatic rings. The third-order valence-corrected chi connectivity index (χ3v) is 2.26. The van der Waals surface area contributed by atoms with E-state index in [0.717, 1.165) is 0 Å². The van der Waals surface area contributed by atoms with Crippen molar-refractivity contribution in [3.05, 3.63) is 12.7 Å². The highest BCUT2D eigenvalue weighted by molar-refractivity contribution is 7.85. The van der Waals surface area contributed by atoms with E-state index >= 15 is 0 Å². The summed E-state index contributed by atoms with van der Waals surface area (Å²) in [7, 11) is -0.793. The summed E-state index contributed by atoms with van der Waals surface area (Å²) in [6.45, 7) is 5.32. The van der Waals surface area contributed by atoms with E-state index in [4.69, 9.17) is 5.73 Å². The van der Waals surface area contributed by atoms with Crippen LogP contribution in [0.1, 0.15) is 6.92 Å². The highest BCUT2D eigenvalue weighted by Gasteiger charge is 1.99. The first-order chi connectivity index (χ1) is 4.16. The Morgan fingerprint density at radius 3 is 2.78 bits per heavy atom. The molecular weight excluding hydrogens is 134 g/mol. The van der Waals surface area contributed by atoms with Crippen LogP contribution in [0.4, 0.5) is 0 Å². The van der Waals surface area contributed by atoms with Crippen LogP contribution in [0.2, 0.25) is 0 Å². The molecule has 0 aliphatic rings. The molecule has 0 saturated carbocycles. The minimum atomic E-state index is -0.793. The lowest BCUT2D eigenvalue weighted by molar-refractivity contribution is 0.678. The van der Waals surface area contributed by atoms with Crippen molar-refractivity contribution in [2.45, 2.75) is 13.0 Å². The molecule has 2 N–H and O–H groups in total. The van der Waals surface area contributed by atoms with E-state index in [2.05, 4.69) is 6.58 Å². The summed E-state index contributed by atoms with van der Waals surface area (Å²) < 4.78 is 10.8. The van der Waals surface area contributed by atoms with E-state index in [-0.39, 0.29) is 6.04 Å². The Labute approximate surface area is 58.6 Å². The SMILES string of the molecule is C=CCS(=O)CC(C)N. The maximum Gasteiger partial charge on any atom is 0.0413 e. The second kappa shape index (κ2) is 4.70. The topological polar surface area (TPSA) is 43.1 Å². The molecule has 0 heterocycles. The zero-order valence-electron chi connectivity index (χ0n) is 5.67. The highest BCUT2D eigenvalue weighted by atomic mass is 32.2. The molecule has 0 fully saturated rings. The summed E-state index contributed by atoms with van der Waals surface area (Å²) in [6.07, 6.45) is 1.65. The van der Waals surface area contributed by atoms with E-state index in [0.29, 0.717) is 11.5 Å². The van der Waals surface area contributed by atoms with E-state index in [9.17, 15) is 4.21 Å². The molecule has 2 nitrogen and oxygen atoms in total. The quantitative estimate of drug-likeness (QED) is 0.580. The van der Waals surface area contributed by atoms with Gasteiger partial charge in [-0.1, -0.05) is 6.08 Å². The molecule has 0 aromatic carbocycles. The van der Waals surface area contributed by atoms with Gasteiger partial charge in [0.15, 0.2) is 0 Å². The molecule has 3 heteroatoms. The molecule has 0 spiro atoms. The normalized spacial score (nSPS) is 16.7. The van der Waals surface area contributed by atoms with Crippen LogP contribution in [-0.2, 0) is 10.8 Å². The Morgan fingerprint density at radius 2 is 2.44 bits per heavy atom. The van der Waals surface area contributed by atoms with Gasteiger partial charge in [0.2, 0.25) is 0 Å². The Hall–Kier alpha value is -0.150. The van der Waals surface area contributed by atoms with Crippen molar-refractivity contribution in [3.63, 3.8) is 0 Å². The Balaban J connectivity index is 3.38. The van der Waals surface area contributed by atoms with Gasteiger partial charge in [-0.2, -0.15) is 0 Å². The number of hydrogen-bond donors (Lipinski definition) is 1. The second-order valence-corrected chi connectivity index (χ2v) is 3.59. The molecule has 9 heavy (non-hydrogen) atoms. The van der Waals surface area contributed by atoms with Gasteiger partial charge in [0, 0.05) is 28.3 Å². The molecule has 0 aromatic heterocycles. The maximum absolute atomic E-state index is 10.8. The number of hydrogen-bond acceptors (Lipinski definition) is 2. The minimum Gasteiger partial charge on any atom is -0.327 e. The van der Waals surface area contributed by atoms with Crippen LogP contribution in [-0.4, -0.2) is 21.8 Å². The molecule has 0 radical (unpaired) electrons. The molecule has 0 amide bonds. The van der Waals surface area contributed by atoms with Gasteiger partial charge in [0.05, 0.1) is 0 Å². The van der Waals surface area contributed by atoms with Crippen LogP contribution >= 0.6 is 0 Å². The fraction of sp³-hybridized carbons (Fsp3) is 0.667. The number of rotatable bonds is 4. The molecule has 0 saturated heterocycles. The lowest BCUT2D eigenvalue weighted by Gasteiger charge is -2.00. The zero-order valence-corrected chi connectivity index (χ0v) is 6.49. The molecule has 0 aliphatic heterocycles. The van der Waals surface area contributed by atoms with Crippen LogP contribution < -0.4 is 5.73 Å². The van der Waals surface area contributed by atoms with Gasteiger partial charge in [-0.05, 0) is 6.92 Å².